The van der Waals surface area contributed by atoms with E-state index >= 15 is 0 Å². The van der Waals surface area contributed by atoms with Gasteiger partial charge in [-0.3, -0.25) is 19.4 Å². The third kappa shape index (κ3) is 21.7. The van der Waals surface area contributed by atoms with E-state index in [4.69, 9.17) is 5.73 Å². The number of hydrogen-bond donors (Lipinski definition) is 6. The minimum absolute atomic E-state index is 0.0120. The summed E-state index contributed by atoms with van der Waals surface area (Å²) in [4.78, 5) is 40.5. The molecule has 3 amide bonds. The molecule has 1 rings (SSSR count). The Balaban J connectivity index is 2.06. The number of unbranched alkanes of at least 4 members (excludes halogenated alkanes) is 1. The van der Waals surface area contributed by atoms with Crippen LogP contribution in [0, 0.1) is 5.41 Å². The zero-order valence-corrected chi connectivity index (χ0v) is 29.0. The lowest BCUT2D eigenvalue weighted by atomic mass is 9.76. The maximum Gasteiger partial charge on any atom is 0.236 e. The minimum atomic E-state index is -0.560. The molecule has 1 atom stereocenters. The number of carbonyl (C=O) groups is 3. The predicted octanol–water partition coefficient (Wildman–Crippen LogP) is 4.23. The van der Waals surface area contributed by atoms with Crippen LogP contribution in [-0.4, -0.2) is 81.5 Å². The average molecular weight is 640 g/mol. The molecule has 0 heterocycles. The minimum Gasteiger partial charge on any atom is -0.359 e. The topological polar surface area (TPSA) is 150 Å². The van der Waals surface area contributed by atoms with Crippen molar-refractivity contribution in [3.8, 4) is 0 Å². The van der Waals surface area contributed by atoms with Gasteiger partial charge in [-0.15, -0.1) is 0 Å². The van der Waals surface area contributed by atoms with Crippen molar-refractivity contribution in [1.82, 2.24) is 26.6 Å². The van der Waals surface area contributed by atoms with Crippen LogP contribution in [0.2, 0.25) is 0 Å². The van der Waals surface area contributed by atoms with E-state index in [1.165, 1.54) is 95.2 Å². The number of nitrogens with two attached hydrogens (primary N) is 1. The first-order valence-electron chi connectivity index (χ1n) is 17.3. The van der Waals surface area contributed by atoms with Gasteiger partial charge in [0.2, 0.25) is 17.7 Å². The molecule has 7 N–H and O–H groups in total. The van der Waals surface area contributed by atoms with Crippen LogP contribution in [0.4, 0.5) is 0 Å². The second-order valence-electron chi connectivity index (χ2n) is 12.6. The van der Waals surface area contributed by atoms with Crippen molar-refractivity contribution in [1.29, 1.82) is 0 Å². The van der Waals surface area contributed by atoms with E-state index < -0.39 is 6.04 Å². The maximum absolute atomic E-state index is 12.2. The molecule has 1 aliphatic carbocycles. The number of aliphatic imine (C=N–C) groups is 1. The summed E-state index contributed by atoms with van der Waals surface area (Å²) in [6, 6.07) is -0.560. The van der Waals surface area contributed by atoms with Crippen LogP contribution in [-0.2, 0) is 14.4 Å². The second-order valence-corrected chi connectivity index (χ2v) is 13.7. The summed E-state index contributed by atoms with van der Waals surface area (Å²) in [5.74, 6) is 1.32. The average Bonchev–Trinajstić information content (AvgIpc) is 3.03. The van der Waals surface area contributed by atoms with E-state index in [1.807, 2.05) is 0 Å². The van der Waals surface area contributed by atoms with Gasteiger partial charge in [0, 0.05) is 52.4 Å². The first kappa shape index (κ1) is 40.0. The van der Waals surface area contributed by atoms with Crippen LogP contribution in [0.3, 0.4) is 0 Å². The summed E-state index contributed by atoms with van der Waals surface area (Å²) >= 11 is 1.44. The monoisotopic (exact) mass is 639 g/mol. The number of carbonyl (C=O) groups excluding carboxylic acids is 3. The standard InChI is InChI=1S/C33H65N7O3S/c1-33(19-12-10-8-6-4-5-7-9-11-13-20-33)21-14-15-22-37-29(41)18-24-38-30(42)27-44-26-25-39-31(43)28(34)17-16-23-40-32(35-2)36-3/h28H,4-27,34H2,1-3H3,(H,37,41)(H,38,42)(H,39,43)(H2,35,36,40). The number of amides is 3. The van der Waals surface area contributed by atoms with Gasteiger partial charge in [-0.1, -0.05) is 77.6 Å². The highest BCUT2D eigenvalue weighted by molar-refractivity contribution is 7.99. The highest BCUT2D eigenvalue weighted by atomic mass is 32.2. The second kappa shape index (κ2) is 26.2. The van der Waals surface area contributed by atoms with Crippen molar-refractivity contribution in [2.75, 3.05) is 51.8 Å². The molecular formula is C33H65N7O3S. The van der Waals surface area contributed by atoms with Crippen molar-refractivity contribution in [2.24, 2.45) is 16.1 Å². The fourth-order valence-electron chi connectivity index (χ4n) is 5.73. The highest BCUT2D eigenvalue weighted by Crippen LogP contribution is 2.36. The van der Waals surface area contributed by atoms with Gasteiger partial charge in [-0.2, -0.15) is 11.8 Å². The summed E-state index contributed by atoms with van der Waals surface area (Å²) in [5.41, 5.74) is 6.41. The molecule has 0 aromatic heterocycles. The highest BCUT2D eigenvalue weighted by Gasteiger charge is 2.23. The zero-order chi connectivity index (χ0) is 32.3. The number of guanidine groups is 1. The first-order chi connectivity index (χ1) is 21.3. The third-order valence-electron chi connectivity index (χ3n) is 8.57. The van der Waals surface area contributed by atoms with Crippen LogP contribution in [0.1, 0.15) is 122 Å². The molecule has 1 aliphatic rings. The number of rotatable bonds is 18. The van der Waals surface area contributed by atoms with E-state index in [0.717, 1.165) is 19.3 Å². The van der Waals surface area contributed by atoms with E-state index in [0.29, 0.717) is 61.9 Å². The summed E-state index contributed by atoms with van der Waals surface area (Å²) < 4.78 is 0. The van der Waals surface area contributed by atoms with Gasteiger partial charge < -0.3 is 32.3 Å². The summed E-state index contributed by atoms with van der Waals surface area (Å²) in [5, 5.41) is 14.7. The van der Waals surface area contributed by atoms with Gasteiger partial charge in [-0.25, -0.2) is 0 Å². The lowest BCUT2D eigenvalue weighted by Crippen LogP contribution is -2.42. The van der Waals surface area contributed by atoms with Crippen molar-refractivity contribution in [2.45, 2.75) is 129 Å². The number of hydrogen-bond acceptors (Lipinski definition) is 6. The molecule has 256 valence electrons. The maximum atomic E-state index is 12.2. The SMILES string of the molecule is CN=C(NC)NCCCC(N)C(=O)NCCSCC(=O)NCCC(=O)NCCCCC1(C)CCCCCCCCCCCC1. The Morgan fingerprint density at radius 2 is 1.36 bits per heavy atom. The summed E-state index contributed by atoms with van der Waals surface area (Å²) in [7, 11) is 3.49. The Morgan fingerprint density at radius 1 is 0.773 bits per heavy atom. The van der Waals surface area contributed by atoms with Gasteiger partial charge in [0.1, 0.15) is 0 Å². The molecule has 11 heteroatoms. The summed E-state index contributed by atoms with van der Waals surface area (Å²) in [6.07, 6.45) is 21.6. The van der Waals surface area contributed by atoms with Crippen molar-refractivity contribution in [3.63, 3.8) is 0 Å². The fourth-order valence-corrected chi connectivity index (χ4v) is 6.41. The lowest BCUT2D eigenvalue weighted by Gasteiger charge is -2.30. The smallest absolute Gasteiger partial charge is 0.236 e. The van der Waals surface area contributed by atoms with E-state index in [2.05, 4.69) is 38.5 Å². The molecule has 44 heavy (non-hydrogen) atoms. The number of nitrogens with zero attached hydrogens (tertiary/aromatic N) is 1. The molecule has 0 bridgehead atoms. The molecule has 0 aliphatic heterocycles. The molecular weight excluding hydrogens is 574 g/mol. The van der Waals surface area contributed by atoms with Crippen molar-refractivity contribution >= 4 is 35.4 Å². The van der Waals surface area contributed by atoms with Gasteiger partial charge in [0.15, 0.2) is 5.96 Å². The van der Waals surface area contributed by atoms with Gasteiger partial charge in [0.25, 0.3) is 0 Å². The predicted molar refractivity (Wildman–Crippen MR) is 186 cm³/mol. The summed E-state index contributed by atoms with van der Waals surface area (Å²) in [6.45, 7) is 4.67. The first-order valence-corrected chi connectivity index (χ1v) is 18.5. The van der Waals surface area contributed by atoms with E-state index in [9.17, 15) is 14.4 Å². The van der Waals surface area contributed by atoms with Gasteiger partial charge >= 0.3 is 0 Å². The van der Waals surface area contributed by atoms with Crippen molar-refractivity contribution in [3.05, 3.63) is 0 Å². The normalized spacial score (nSPS) is 17.2. The molecule has 0 saturated heterocycles. The zero-order valence-electron chi connectivity index (χ0n) is 28.2. The molecule has 0 radical (unpaired) electrons. The van der Waals surface area contributed by atoms with Crippen LogP contribution < -0.4 is 32.3 Å². The third-order valence-corrected chi connectivity index (χ3v) is 9.53. The lowest BCUT2D eigenvalue weighted by molar-refractivity contribution is -0.123. The quantitative estimate of drug-likeness (QED) is 0.0747. The molecule has 1 saturated carbocycles. The number of thioether (sulfide) groups is 1. The molecule has 1 fully saturated rings. The molecule has 0 spiro atoms. The Labute approximate surface area is 272 Å². The Hall–Kier alpha value is -2.01. The molecule has 0 aromatic rings. The molecule has 0 aromatic carbocycles. The van der Waals surface area contributed by atoms with Crippen LogP contribution in [0.15, 0.2) is 4.99 Å². The van der Waals surface area contributed by atoms with Gasteiger partial charge in [0.05, 0.1) is 11.8 Å². The van der Waals surface area contributed by atoms with Crippen LogP contribution in [0.5, 0.6) is 0 Å². The van der Waals surface area contributed by atoms with Gasteiger partial charge in [-0.05, 0) is 43.9 Å². The Morgan fingerprint density at radius 3 is 1.98 bits per heavy atom. The number of nitrogens with one attached hydrogen (secondary N) is 5. The van der Waals surface area contributed by atoms with Crippen molar-refractivity contribution < 1.29 is 14.4 Å². The van der Waals surface area contributed by atoms with Crippen LogP contribution in [0.25, 0.3) is 0 Å². The van der Waals surface area contributed by atoms with Crippen LogP contribution >= 0.6 is 11.8 Å². The Bertz CT molecular complexity index is 798. The Kier molecular flexibility index (Phi) is 23.9. The molecule has 1 unspecified atom stereocenters. The largest absolute Gasteiger partial charge is 0.359 e. The fraction of sp³-hybridized carbons (Fsp3) is 0.879. The van der Waals surface area contributed by atoms with E-state index in [-0.39, 0.29) is 17.7 Å². The molecule has 10 nitrogen and oxygen atoms in total. The van der Waals surface area contributed by atoms with E-state index in [1.54, 1.807) is 14.1 Å².